The molecule has 1 N–H and O–H groups in total. The first-order valence-corrected chi connectivity index (χ1v) is 10.1. The van der Waals surface area contributed by atoms with Gasteiger partial charge in [0.15, 0.2) is 0 Å². The van der Waals surface area contributed by atoms with E-state index in [1.165, 1.54) is 11.8 Å². The average Bonchev–Trinajstić information content (AvgIpc) is 2.56. The molecule has 0 saturated carbocycles. The molecular formula is C20H23Cl2NO2S. The van der Waals surface area contributed by atoms with E-state index in [0.717, 1.165) is 21.6 Å². The Balaban J connectivity index is 2.21. The smallest absolute Gasteiger partial charge is 0.232 e. The predicted molar refractivity (Wildman–Crippen MR) is 111 cm³/mol. The van der Waals surface area contributed by atoms with Crippen molar-refractivity contribution in [1.82, 2.24) is 4.90 Å². The second kappa shape index (κ2) is 9.03. The molecular weight excluding hydrogens is 389 g/mol. The molecule has 0 aliphatic rings. The van der Waals surface area contributed by atoms with Crippen LogP contribution >= 0.6 is 35.0 Å². The molecule has 2 rings (SSSR count). The summed E-state index contributed by atoms with van der Waals surface area (Å²) in [6, 6.07) is 9.28. The van der Waals surface area contributed by atoms with E-state index >= 15 is 0 Å². The van der Waals surface area contributed by atoms with Crippen molar-refractivity contribution in [3.8, 4) is 5.75 Å². The van der Waals surface area contributed by atoms with Crippen molar-refractivity contribution in [3.05, 3.63) is 57.1 Å². The molecule has 0 bridgehead atoms. The Morgan fingerprint density at radius 1 is 1.15 bits per heavy atom. The molecule has 0 saturated heterocycles. The highest BCUT2D eigenvalue weighted by molar-refractivity contribution is 8.00. The van der Waals surface area contributed by atoms with Gasteiger partial charge in [-0.15, -0.1) is 11.8 Å². The first-order chi connectivity index (χ1) is 12.2. The summed E-state index contributed by atoms with van der Waals surface area (Å²) in [7, 11) is 3.46. The van der Waals surface area contributed by atoms with Gasteiger partial charge in [-0.2, -0.15) is 0 Å². The second-order valence-corrected chi connectivity index (χ2v) is 8.53. The lowest BCUT2D eigenvalue weighted by molar-refractivity contribution is -0.125. The number of amides is 1. The molecule has 26 heavy (non-hydrogen) atoms. The van der Waals surface area contributed by atoms with Crippen molar-refractivity contribution < 1.29 is 9.90 Å². The van der Waals surface area contributed by atoms with E-state index < -0.39 is 0 Å². The van der Waals surface area contributed by atoms with Gasteiger partial charge in [0.1, 0.15) is 5.75 Å². The van der Waals surface area contributed by atoms with Crippen LogP contribution in [-0.4, -0.2) is 35.8 Å². The van der Waals surface area contributed by atoms with Crippen LogP contribution in [0.1, 0.15) is 36.5 Å². The minimum Gasteiger partial charge on any atom is -0.508 e. The fraction of sp³-hybridized carbons (Fsp3) is 0.350. The molecule has 0 aliphatic heterocycles. The lowest BCUT2D eigenvalue weighted by Gasteiger charge is -2.14. The van der Waals surface area contributed by atoms with E-state index in [1.54, 1.807) is 25.1 Å². The molecule has 0 spiro atoms. The zero-order chi connectivity index (χ0) is 19.4. The monoisotopic (exact) mass is 411 g/mol. The average molecular weight is 412 g/mol. The molecule has 0 fully saturated rings. The van der Waals surface area contributed by atoms with Crippen molar-refractivity contribution in [3.63, 3.8) is 0 Å². The molecule has 2 aromatic carbocycles. The maximum Gasteiger partial charge on any atom is 0.232 e. The standard InChI is InChI=1S/C20H23Cl2NO2S/c1-12(2)15-7-13(5-6-19(15)24)8-16-17(21)9-14(10-18(16)22)26-11-20(25)23(3)4/h5-7,9-10,12,24H,8,11H2,1-4H3. The minimum absolute atomic E-state index is 0.0385. The maximum absolute atomic E-state index is 11.7. The Kier molecular flexibility index (Phi) is 7.27. The first-order valence-electron chi connectivity index (χ1n) is 8.31. The van der Waals surface area contributed by atoms with Crippen LogP contribution < -0.4 is 0 Å². The summed E-state index contributed by atoms with van der Waals surface area (Å²) in [6.07, 6.45) is 0.583. The molecule has 3 nitrogen and oxygen atoms in total. The number of nitrogens with zero attached hydrogens (tertiary/aromatic N) is 1. The van der Waals surface area contributed by atoms with Crippen molar-refractivity contribution in [2.45, 2.75) is 31.1 Å². The fourth-order valence-electron chi connectivity index (χ4n) is 2.49. The Morgan fingerprint density at radius 3 is 2.31 bits per heavy atom. The second-order valence-electron chi connectivity index (χ2n) is 6.67. The van der Waals surface area contributed by atoms with Crippen LogP contribution in [0.5, 0.6) is 5.75 Å². The zero-order valence-corrected chi connectivity index (χ0v) is 17.7. The number of carbonyl (C=O) groups excluding carboxylic acids is 1. The fourth-order valence-corrected chi connectivity index (χ4v) is 4.19. The molecule has 6 heteroatoms. The van der Waals surface area contributed by atoms with Crippen LogP contribution in [-0.2, 0) is 11.2 Å². The largest absolute Gasteiger partial charge is 0.508 e. The molecule has 1 amide bonds. The number of benzene rings is 2. The number of hydrogen-bond donors (Lipinski definition) is 1. The van der Waals surface area contributed by atoms with Crippen LogP contribution in [0.2, 0.25) is 10.0 Å². The van der Waals surface area contributed by atoms with Gasteiger partial charge >= 0.3 is 0 Å². The van der Waals surface area contributed by atoms with Gasteiger partial charge in [0.2, 0.25) is 5.91 Å². The lowest BCUT2D eigenvalue weighted by atomic mass is 9.96. The third-order valence-electron chi connectivity index (χ3n) is 4.07. The summed E-state index contributed by atoms with van der Waals surface area (Å²) in [5, 5.41) is 11.1. The number of rotatable bonds is 6. The lowest BCUT2D eigenvalue weighted by Crippen LogP contribution is -2.23. The number of carbonyl (C=O) groups is 1. The van der Waals surface area contributed by atoms with E-state index in [1.807, 2.05) is 38.1 Å². The van der Waals surface area contributed by atoms with Gasteiger partial charge in [0, 0.05) is 35.5 Å². The first kappa shape index (κ1) is 20.9. The van der Waals surface area contributed by atoms with Crippen molar-refractivity contribution >= 4 is 40.9 Å². The SMILES string of the molecule is CC(C)c1cc(Cc2c(Cl)cc(SCC(=O)N(C)C)cc2Cl)ccc1O. The number of aromatic hydroxyl groups is 1. The van der Waals surface area contributed by atoms with Crippen LogP contribution in [0, 0.1) is 0 Å². The third-order valence-corrected chi connectivity index (χ3v) is 5.71. The van der Waals surface area contributed by atoms with E-state index in [2.05, 4.69) is 0 Å². The van der Waals surface area contributed by atoms with E-state index in [9.17, 15) is 9.90 Å². The highest BCUT2D eigenvalue weighted by Gasteiger charge is 2.13. The van der Waals surface area contributed by atoms with Gasteiger partial charge < -0.3 is 10.0 Å². The quantitative estimate of drug-likeness (QED) is 0.629. The Morgan fingerprint density at radius 2 is 1.77 bits per heavy atom. The summed E-state index contributed by atoms with van der Waals surface area (Å²) >= 11 is 14.3. The van der Waals surface area contributed by atoms with Crippen LogP contribution in [0.3, 0.4) is 0 Å². The molecule has 2 aromatic rings. The summed E-state index contributed by atoms with van der Waals surface area (Å²) in [6.45, 7) is 4.08. The normalized spacial score (nSPS) is 11.0. The van der Waals surface area contributed by atoms with E-state index in [-0.39, 0.29) is 11.8 Å². The summed E-state index contributed by atoms with van der Waals surface area (Å²) < 4.78 is 0. The van der Waals surface area contributed by atoms with E-state index in [0.29, 0.717) is 28.0 Å². The number of thioether (sulfide) groups is 1. The molecule has 0 aromatic heterocycles. The maximum atomic E-state index is 11.7. The summed E-state index contributed by atoms with van der Waals surface area (Å²) in [5.74, 6) is 0.915. The van der Waals surface area contributed by atoms with Gasteiger partial charge in [0.25, 0.3) is 0 Å². The Bertz CT molecular complexity index is 783. The number of phenolic OH excluding ortho intramolecular Hbond substituents is 1. The summed E-state index contributed by atoms with van der Waals surface area (Å²) in [5.41, 5.74) is 2.79. The molecule has 0 atom stereocenters. The Labute approximate surface area is 169 Å². The van der Waals surface area contributed by atoms with Crippen LogP contribution in [0.4, 0.5) is 0 Å². The molecule has 0 aliphatic carbocycles. The molecule has 0 heterocycles. The predicted octanol–water partition coefficient (Wildman–Crippen LogP) is 5.59. The Hall–Kier alpha value is -1.36. The highest BCUT2D eigenvalue weighted by Crippen LogP contribution is 2.34. The molecule has 140 valence electrons. The van der Waals surface area contributed by atoms with Gasteiger partial charge in [-0.25, -0.2) is 0 Å². The number of hydrogen-bond acceptors (Lipinski definition) is 3. The van der Waals surface area contributed by atoms with Gasteiger partial charge in [-0.1, -0.05) is 49.2 Å². The van der Waals surface area contributed by atoms with Gasteiger partial charge in [-0.05, 0) is 40.8 Å². The van der Waals surface area contributed by atoms with Crippen LogP contribution in [0.25, 0.3) is 0 Å². The molecule has 0 radical (unpaired) electrons. The topological polar surface area (TPSA) is 40.5 Å². The minimum atomic E-state index is 0.0385. The van der Waals surface area contributed by atoms with Crippen molar-refractivity contribution in [2.75, 3.05) is 19.8 Å². The van der Waals surface area contributed by atoms with Gasteiger partial charge in [-0.3, -0.25) is 4.79 Å². The third kappa shape index (κ3) is 5.32. The highest BCUT2D eigenvalue weighted by atomic mass is 35.5. The molecule has 0 unspecified atom stereocenters. The van der Waals surface area contributed by atoms with Crippen molar-refractivity contribution in [1.29, 1.82) is 0 Å². The summed E-state index contributed by atoms with van der Waals surface area (Å²) in [4.78, 5) is 14.2. The van der Waals surface area contributed by atoms with Gasteiger partial charge in [0.05, 0.1) is 5.75 Å². The zero-order valence-electron chi connectivity index (χ0n) is 15.3. The van der Waals surface area contributed by atoms with Crippen molar-refractivity contribution in [2.24, 2.45) is 0 Å². The number of phenols is 1. The van der Waals surface area contributed by atoms with E-state index in [4.69, 9.17) is 23.2 Å². The van der Waals surface area contributed by atoms with Crippen LogP contribution in [0.15, 0.2) is 35.2 Å². The number of halogens is 2.